The first-order valence-electron chi connectivity index (χ1n) is 7.80. The van der Waals surface area contributed by atoms with Crippen LogP contribution in [0.5, 0.6) is 0 Å². The largest absolute Gasteiger partial charge is 0.327 e. The van der Waals surface area contributed by atoms with Crippen molar-refractivity contribution in [3.63, 3.8) is 0 Å². The highest BCUT2D eigenvalue weighted by Crippen LogP contribution is 2.46. The van der Waals surface area contributed by atoms with Gasteiger partial charge < -0.3 is 5.73 Å². The predicted molar refractivity (Wildman–Crippen MR) is 79.3 cm³/mol. The van der Waals surface area contributed by atoms with Gasteiger partial charge in [0.15, 0.2) is 0 Å². The molecule has 0 aliphatic heterocycles. The molecule has 0 amide bonds. The molecule has 1 fully saturated rings. The molecule has 0 aromatic heterocycles. The Kier molecular flexibility index (Phi) is 4.66. The SMILES string of the molecule is CCCC(C)C1(C(N)C2CCCC2)C=CC=CC1. The Hall–Kier alpha value is -0.560. The molecule has 1 nitrogen and oxygen atoms in total. The molecule has 102 valence electrons. The average Bonchev–Trinajstić information content (AvgIpc) is 2.92. The van der Waals surface area contributed by atoms with Crippen LogP contribution in [0.1, 0.15) is 58.8 Å². The lowest BCUT2D eigenvalue weighted by atomic mass is 9.62. The van der Waals surface area contributed by atoms with Gasteiger partial charge in [-0.15, -0.1) is 0 Å². The van der Waals surface area contributed by atoms with Crippen LogP contribution in [0, 0.1) is 17.3 Å². The summed E-state index contributed by atoms with van der Waals surface area (Å²) in [6.07, 6.45) is 18.3. The standard InChI is InChI=1S/C17H29N/c1-3-9-14(2)17(12-7-4-8-13-17)16(18)15-10-5-6-11-15/h4,7-8,12,14-16H,3,5-6,9-11,13,18H2,1-2H3. The van der Waals surface area contributed by atoms with Crippen molar-refractivity contribution in [2.24, 2.45) is 23.0 Å². The summed E-state index contributed by atoms with van der Waals surface area (Å²) in [4.78, 5) is 0. The number of nitrogens with two attached hydrogens (primary N) is 1. The van der Waals surface area contributed by atoms with Gasteiger partial charge in [-0.2, -0.15) is 0 Å². The maximum absolute atomic E-state index is 6.73. The monoisotopic (exact) mass is 247 g/mol. The Morgan fingerprint density at radius 2 is 2.00 bits per heavy atom. The van der Waals surface area contributed by atoms with Crippen LogP contribution in [0.15, 0.2) is 24.3 Å². The van der Waals surface area contributed by atoms with E-state index < -0.39 is 0 Å². The highest BCUT2D eigenvalue weighted by Gasteiger charge is 2.42. The van der Waals surface area contributed by atoms with E-state index in [0.29, 0.717) is 12.0 Å². The topological polar surface area (TPSA) is 26.0 Å². The first-order chi connectivity index (χ1) is 8.70. The summed E-state index contributed by atoms with van der Waals surface area (Å²) in [5.41, 5.74) is 6.96. The van der Waals surface area contributed by atoms with Crippen molar-refractivity contribution in [3.8, 4) is 0 Å². The summed E-state index contributed by atoms with van der Waals surface area (Å²) in [7, 11) is 0. The van der Waals surface area contributed by atoms with Crippen molar-refractivity contribution in [1.29, 1.82) is 0 Å². The van der Waals surface area contributed by atoms with Crippen LogP contribution < -0.4 is 5.73 Å². The second-order valence-corrected chi connectivity index (χ2v) is 6.36. The fourth-order valence-electron chi connectivity index (χ4n) is 4.05. The Balaban J connectivity index is 2.18. The molecule has 0 spiro atoms. The second kappa shape index (κ2) is 6.06. The summed E-state index contributed by atoms with van der Waals surface area (Å²) in [6, 6.07) is 0.350. The van der Waals surface area contributed by atoms with Crippen molar-refractivity contribution >= 4 is 0 Å². The Bertz CT molecular complexity index is 312. The van der Waals surface area contributed by atoms with Crippen LogP contribution >= 0.6 is 0 Å². The van der Waals surface area contributed by atoms with E-state index in [1.54, 1.807) is 0 Å². The lowest BCUT2D eigenvalue weighted by molar-refractivity contribution is 0.143. The van der Waals surface area contributed by atoms with Crippen molar-refractivity contribution in [2.45, 2.75) is 64.8 Å². The van der Waals surface area contributed by atoms with Gasteiger partial charge in [-0.1, -0.05) is 63.8 Å². The minimum absolute atomic E-state index is 0.222. The van der Waals surface area contributed by atoms with E-state index >= 15 is 0 Å². The van der Waals surface area contributed by atoms with Gasteiger partial charge in [0.05, 0.1) is 0 Å². The van der Waals surface area contributed by atoms with E-state index in [1.807, 2.05) is 0 Å². The third kappa shape index (κ3) is 2.56. The molecule has 3 unspecified atom stereocenters. The van der Waals surface area contributed by atoms with Gasteiger partial charge in [0.25, 0.3) is 0 Å². The summed E-state index contributed by atoms with van der Waals surface area (Å²) < 4.78 is 0. The zero-order chi connectivity index (χ0) is 13.0. The van der Waals surface area contributed by atoms with Gasteiger partial charge >= 0.3 is 0 Å². The van der Waals surface area contributed by atoms with Gasteiger partial charge in [0.1, 0.15) is 0 Å². The normalized spacial score (nSPS) is 31.7. The molecule has 2 rings (SSSR count). The van der Waals surface area contributed by atoms with Gasteiger partial charge in [-0.05, 0) is 31.1 Å². The molecular formula is C17H29N. The Morgan fingerprint density at radius 1 is 1.28 bits per heavy atom. The van der Waals surface area contributed by atoms with Gasteiger partial charge in [0.2, 0.25) is 0 Å². The molecule has 18 heavy (non-hydrogen) atoms. The molecule has 0 aromatic carbocycles. The van der Waals surface area contributed by atoms with Crippen molar-refractivity contribution < 1.29 is 0 Å². The number of hydrogen-bond donors (Lipinski definition) is 1. The molecule has 0 aromatic rings. The maximum atomic E-state index is 6.73. The smallest absolute Gasteiger partial charge is 0.0165 e. The van der Waals surface area contributed by atoms with Crippen molar-refractivity contribution in [2.75, 3.05) is 0 Å². The summed E-state index contributed by atoms with van der Waals surface area (Å²) in [6.45, 7) is 4.69. The minimum Gasteiger partial charge on any atom is -0.327 e. The summed E-state index contributed by atoms with van der Waals surface area (Å²) in [5.74, 6) is 1.44. The van der Waals surface area contributed by atoms with Crippen LogP contribution in [0.4, 0.5) is 0 Å². The fraction of sp³-hybridized carbons (Fsp3) is 0.765. The molecule has 1 heteroatoms. The van der Waals surface area contributed by atoms with E-state index in [9.17, 15) is 0 Å². The zero-order valence-corrected chi connectivity index (χ0v) is 12.1. The predicted octanol–water partition coefficient (Wildman–Crippen LogP) is 4.44. The zero-order valence-electron chi connectivity index (χ0n) is 12.1. The Morgan fingerprint density at radius 3 is 2.56 bits per heavy atom. The lowest BCUT2D eigenvalue weighted by Gasteiger charge is -2.45. The number of hydrogen-bond acceptors (Lipinski definition) is 1. The molecular weight excluding hydrogens is 218 g/mol. The molecule has 1 saturated carbocycles. The fourth-order valence-corrected chi connectivity index (χ4v) is 4.05. The van der Waals surface area contributed by atoms with E-state index in [4.69, 9.17) is 5.73 Å². The molecule has 0 saturated heterocycles. The number of allylic oxidation sites excluding steroid dienone is 3. The van der Waals surface area contributed by atoms with Gasteiger partial charge in [0, 0.05) is 11.5 Å². The lowest BCUT2D eigenvalue weighted by Crippen LogP contribution is -2.49. The molecule has 2 N–H and O–H groups in total. The summed E-state index contributed by atoms with van der Waals surface area (Å²) in [5, 5.41) is 0. The minimum atomic E-state index is 0.222. The Labute approximate surface area is 113 Å². The van der Waals surface area contributed by atoms with E-state index in [1.165, 1.54) is 38.5 Å². The first kappa shape index (κ1) is 13.9. The van der Waals surface area contributed by atoms with E-state index in [0.717, 1.165) is 12.3 Å². The van der Waals surface area contributed by atoms with Crippen molar-refractivity contribution in [1.82, 2.24) is 0 Å². The third-order valence-electron chi connectivity index (χ3n) is 5.29. The summed E-state index contributed by atoms with van der Waals surface area (Å²) >= 11 is 0. The quantitative estimate of drug-likeness (QED) is 0.763. The highest BCUT2D eigenvalue weighted by atomic mass is 14.7. The van der Waals surface area contributed by atoms with Crippen LogP contribution in [0.3, 0.4) is 0 Å². The van der Waals surface area contributed by atoms with E-state index in [2.05, 4.69) is 38.2 Å². The highest BCUT2D eigenvalue weighted by molar-refractivity contribution is 5.21. The maximum Gasteiger partial charge on any atom is 0.0165 e. The van der Waals surface area contributed by atoms with Crippen LogP contribution in [-0.4, -0.2) is 6.04 Å². The molecule has 2 aliphatic carbocycles. The number of rotatable bonds is 5. The molecule has 0 radical (unpaired) electrons. The van der Waals surface area contributed by atoms with Crippen molar-refractivity contribution in [3.05, 3.63) is 24.3 Å². The molecule has 0 heterocycles. The van der Waals surface area contributed by atoms with Crippen LogP contribution in [0.25, 0.3) is 0 Å². The molecule has 2 aliphatic rings. The van der Waals surface area contributed by atoms with E-state index in [-0.39, 0.29) is 5.41 Å². The first-order valence-corrected chi connectivity index (χ1v) is 7.80. The third-order valence-corrected chi connectivity index (χ3v) is 5.29. The molecule has 3 atom stereocenters. The molecule has 0 bridgehead atoms. The van der Waals surface area contributed by atoms with Crippen LogP contribution in [0.2, 0.25) is 0 Å². The van der Waals surface area contributed by atoms with Crippen LogP contribution in [-0.2, 0) is 0 Å². The van der Waals surface area contributed by atoms with Gasteiger partial charge in [-0.3, -0.25) is 0 Å². The average molecular weight is 247 g/mol. The second-order valence-electron chi connectivity index (χ2n) is 6.36. The van der Waals surface area contributed by atoms with Gasteiger partial charge in [-0.25, -0.2) is 0 Å².